The molecule has 7 heteroatoms. The molecule has 0 aliphatic carbocycles. The number of hydrogen-bond acceptors (Lipinski definition) is 5. The zero-order valence-electron chi connectivity index (χ0n) is 18.3. The Morgan fingerprint density at radius 3 is 1.93 bits per heavy atom. The van der Waals surface area contributed by atoms with Crippen molar-refractivity contribution in [2.24, 2.45) is 0 Å². The third-order valence-electron chi connectivity index (χ3n) is 4.42. The first kappa shape index (κ1) is 23.1. The van der Waals surface area contributed by atoms with E-state index in [1.165, 1.54) is 0 Å². The lowest BCUT2D eigenvalue weighted by Crippen LogP contribution is -2.42. The summed E-state index contributed by atoms with van der Waals surface area (Å²) in [6.07, 6.45) is 0.166. The van der Waals surface area contributed by atoms with Crippen molar-refractivity contribution in [3.8, 4) is 17.2 Å². The van der Waals surface area contributed by atoms with Crippen molar-refractivity contribution in [3.63, 3.8) is 0 Å². The van der Waals surface area contributed by atoms with Gasteiger partial charge in [-0.2, -0.15) is 0 Å². The summed E-state index contributed by atoms with van der Waals surface area (Å²) in [4.78, 5) is 24.8. The van der Waals surface area contributed by atoms with Crippen molar-refractivity contribution in [3.05, 3.63) is 52.6 Å². The first-order chi connectivity index (χ1) is 14.4. The van der Waals surface area contributed by atoms with E-state index in [2.05, 4.69) is 10.9 Å². The Balaban J connectivity index is 2.11. The highest BCUT2D eigenvalue weighted by atomic mass is 16.5. The Kier molecular flexibility index (Phi) is 8.53. The van der Waals surface area contributed by atoms with Crippen LogP contribution in [0.25, 0.3) is 0 Å². The van der Waals surface area contributed by atoms with Gasteiger partial charge < -0.3 is 14.2 Å². The fraction of sp³-hybridized carbons (Fsp3) is 0.391. The topological polar surface area (TPSA) is 85.9 Å². The van der Waals surface area contributed by atoms with E-state index in [1.54, 1.807) is 12.1 Å². The van der Waals surface area contributed by atoms with Crippen LogP contribution in [0.1, 0.15) is 47.8 Å². The number of rotatable bonds is 9. The first-order valence-corrected chi connectivity index (χ1v) is 10.1. The number of ether oxygens (including phenoxy) is 3. The van der Waals surface area contributed by atoms with Crippen LogP contribution >= 0.6 is 0 Å². The molecule has 0 spiro atoms. The number of nitrogens with one attached hydrogen (secondary N) is 2. The van der Waals surface area contributed by atoms with Gasteiger partial charge in [0.2, 0.25) is 11.7 Å². The van der Waals surface area contributed by atoms with E-state index < -0.39 is 5.91 Å². The molecule has 0 heterocycles. The molecule has 2 amide bonds. The summed E-state index contributed by atoms with van der Waals surface area (Å²) in [5.41, 5.74) is 8.35. The molecule has 2 rings (SSSR count). The Morgan fingerprint density at radius 1 is 0.800 bits per heavy atom. The lowest BCUT2D eigenvalue weighted by Gasteiger charge is -2.17. The molecule has 0 saturated heterocycles. The molecule has 0 unspecified atom stereocenters. The molecule has 2 aromatic carbocycles. The number of carbonyl (C=O) groups is 2. The van der Waals surface area contributed by atoms with E-state index in [-0.39, 0.29) is 17.9 Å². The molecule has 0 saturated carbocycles. The summed E-state index contributed by atoms with van der Waals surface area (Å²) in [6.45, 7) is 10.8. The van der Waals surface area contributed by atoms with Crippen LogP contribution in [0, 0.1) is 13.8 Å². The average Bonchev–Trinajstić information content (AvgIpc) is 2.71. The average molecular weight is 415 g/mol. The molecule has 7 nitrogen and oxygen atoms in total. The maximum atomic E-state index is 12.6. The number of carbonyl (C=O) groups excluding carboxylic acids is 2. The molecule has 0 bridgehead atoms. The van der Waals surface area contributed by atoms with E-state index in [9.17, 15) is 9.59 Å². The number of amides is 2. The summed E-state index contributed by atoms with van der Waals surface area (Å²) < 4.78 is 16.9. The highest BCUT2D eigenvalue weighted by Gasteiger charge is 2.18. The second-order valence-corrected chi connectivity index (χ2v) is 6.70. The second kappa shape index (κ2) is 11.1. The fourth-order valence-electron chi connectivity index (χ4n) is 2.86. The molecule has 0 aliphatic rings. The van der Waals surface area contributed by atoms with Crippen LogP contribution in [0.15, 0.2) is 30.3 Å². The minimum absolute atomic E-state index is 0.166. The molecule has 30 heavy (non-hydrogen) atoms. The Hall–Kier alpha value is -3.22. The number of hydrogen-bond donors (Lipinski definition) is 2. The lowest BCUT2D eigenvalue weighted by molar-refractivity contribution is -0.121. The Labute approximate surface area is 177 Å². The number of benzene rings is 2. The van der Waals surface area contributed by atoms with Gasteiger partial charge in [0.25, 0.3) is 5.91 Å². The van der Waals surface area contributed by atoms with Crippen molar-refractivity contribution in [2.45, 2.75) is 41.0 Å². The van der Waals surface area contributed by atoms with E-state index in [4.69, 9.17) is 14.2 Å². The zero-order valence-corrected chi connectivity index (χ0v) is 18.3. The van der Waals surface area contributed by atoms with E-state index in [0.717, 1.165) is 16.7 Å². The normalized spacial score (nSPS) is 10.3. The fourth-order valence-corrected chi connectivity index (χ4v) is 2.86. The summed E-state index contributed by atoms with van der Waals surface area (Å²) >= 11 is 0. The van der Waals surface area contributed by atoms with E-state index in [1.807, 2.05) is 52.8 Å². The second-order valence-electron chi connectivity index (χ2n) is 6.70. The summed E-state index contributed by atoms with van der Waals surface area (Å²) in [7, 11) is 0. The molecule has 0 aromatic heterocycles. The summed E-state index contributed by atoms with van der Waals surface area (Å²) in [6, 6.07) is 8.98. The quantitative estimate of drug-likeness (QED) is 0.614. The molecule has 0 atom stereocenters. The van der Waals surface area contributed by atoms with E-state index in [0.29, 0.717) is 37.1 Å². The van der Waals surface area contributed by atoms with Gasteiger partial charge >= 0.3 is 0 Å². The largest absolute Gasteiger partial charge is 0.490 e. The minimum Gasteiger partial charge on any atom is -0.490 e. The predicted octanol–water partition coefficient (Wildman–Crippen LogP) is 3.50. The Morgan fingerprint density at radius 2 is 1.40 bits per heavy atom. The third kappa shape index (κ3) is 6.14. The van der Waals surface area contributed by atoms with Gasteiger partial charge in [-0.25, -0.2) is 0 Å². The van der Waals surface area contributed by atoms with Gasteiger partial charge in [0.15, 0.2) is 11.5 Å². The van der Waals surface area contributed by atoms with Crippen LogP contribution in [0.5, 0.6) is 17.2 Å². The van der Waals surface area contributed by atoms with Gasteiger partial charge in [0, 0.05) is 5.56 Å². The van der Waals surface area contributed by atoms with Crippen molar-refractivity contribution in [1.29, 1.82) is 0 Å². The van der Waals surface area contributed by atoms with Crippen molar-refractivity contribution in [2.75, 3.05) is 19.8 Å². The van der Waals surface area contributed by atoms with Crippen LogP contribution in [-0.4, -0.2) is 31.6 Å². The van der Waals surface area contributed by atoms with Crippen molar-refractivity contribution in [1.82, 2.24) is 10.9 Å². The highest BCUT2D eigenvalue weighted by molar-refractivity contribution is 5.96. The van der Waals surface area contributed by atoms with Crippen molar-refractivity contribution >= 4 is 11.8 Å². The van der Waals surface area contributed by atoms with Gasteiger partial charge in [-0.1, -0.05) is 18.2 Å². The molecule has 2 aromatic rings. The molecule has 162 valence electrons. The summed E-state index contributed by atoms with van der Waals surface area (Å²) in [5.74, 6) is 0.492. The van der Waals surface area contributed by atoms with Crippen LogP contribution in [0.2, 0.25) is 0 Å². The number of hydrazine groups is 1. The standard InChI is InChI=1S/C23H30N2O5/c1-6-28-19-13-18(14-20(29-7-2)22(19)30-8-3)23(27)25-24-21(26)12-17-10-9-15(4)16(5)11-17/h9-11,13-14H,6-8,12H2,1-5H3,(H,24,26)(H,25,27). The highest BCUT2D eigenvalue weighted by Crippen LogP contribution is 2.39. The van der Waals surface area contributed by atoms with Crippen LogP contribution in [-0.2, 0) is 11.2 Å². The third-order valence-corrected chi connectivity index (χ3v) is 4.42. The van der Waals surface area contributed by atoms with Gasteiger partial charge in [0.05, 0.1) is 26.2 Å². The molecule has 0 radical (unpaired) electrons. The maximum Gasteiger partial charge on any atom is 0.269 e. The smallest absolute Gasteiger partial charge is 0.269 e. The first-order valence-electron chi connectivity index (χ1n) is 10.1. The molecule has 0 aliphatic heterocycles. The van der Waals surface area contributed by atoms with Gasteiger partial charge in [-0.05, 0) is 63.4 Å². The monoisotopic (exact) mass is 414 g/mol. The summed E-state index contributed by atoms with van der Waals surface area (Å²) in [5, 5.41) is 0. The molecular weight excluding hydrogens is 384 g/mol. The molecule has 0 fully saturated rings. The van der Waals surface area contributed by atoms with Gasteiger partial charge in [-0.15, -0.1) is 0 Å². The van der Waals surface area contributed by atoms with Gasteiger partial charge in [-0.3, -0.25) is 20.4 Å². The Bertz CT molecular complexity index is 868. The maximum absolute atomic E-state index is 12.6. The van der Waals surface area contributed by atoms with E-state index >= 15 is 0 Å². The zero-order chi connectivity index (χ0) is 22.1. The van der Waals surface area contributed by atoms with Crippen LogP contribution < -0.4 is 25.1 Å². The van der Waals surface area contributed by atoms with Crippen molar-refractivity contribution < 1.29 is 23.8 Å². The SMILES string of the molecule is CCOc1cc(C(=O)NNC(=O)Cc2ccc(C)c(C)c2)cc(OCC)c1OCC. The molecular formula is C23H30N2O5. The van der Waals surface area contributed by atoms with Crippen LogP contribution in [0.3, 0.4) is 0 Å². The number of aryl methyl sites for hydroxylation is 2. The van der Waals surface area contributed by atoms with Gasteiger partial charge in [0.1, 0.15) is 0 Å². The predicted molar refractivity (Wildman–Crippen MR) is 115 cm³/mol. The molecule has 2 N–H and O–H groups in total. The lowest BCUT2D eigenvalue weighted by atomic mass is 10.0. The minimum atomic E-state index is -0.478. The van der Waals surface area contributed by atoms with Crippen LogP contribution in [0.4, 0.5) is 0 Å².